The summed E-state index contributed by atoms with van der Waals surface area (Å²) < 4.78 is 29.4. The summed E-state index contributed by atoms with van der Waals surface area (Å²) >= 11 is 0. The third kappa shape index (κ3) is 2.88. The lowest BCUT2D eigenvalue weighted by atomic mass is 9.96. The van der Waals surface area contributed by atoms with Crippen LogP contribution in [0.1, 0.15) is 24.7 Å². The number of hydrogen-bond donors (Lipinski definition) is 1. The Kier molecular flexibility index (Phi) is 3.66. The van der Waals surface area contributed by atoms with Gasteiger partial charge >= 0.3 is 0 Å². The first-order chi connectivity index (χ1) is 11.0. The van der Waals surface area contributed by atoms with Crippen molar-refractivity contribution in [2.45, 2.75) is 30.9 Å². The first-order valence-electron chi connectivity index (χ1n) is 8.00. The van der Waals surface area contributed by atoms with Crippen molar-refractivity contribution in [3.05, 3.63) is 30.2 Å². The fraction of sp³-hybridized carbons (Fsp3) is 0.562. The molecule has 7 heteroatoms. The van der Waals surface area contributed by atoms with Gasteiger partial charge in [-0.3, -0.25) is 4.90 Å². The van der Waals surface area contributed by atoms with Gasteiger partial charge in [0.2, 0.25) is 0 Å². The number of para-hydroxylation sites is 2. The summed E-state index contributed by atoms with van der Waals surface area (Å²) in [5.41, 5.74) is 1.63. The molecule has 4 rings (SSSR count). The predicted octanol–water partition coefficient (Wildman–Crippen LogP) is 1.17. The lowest BCUT2D eigenvalue weighted by Crippen LogP contribution is -2.47. The van der Waals surface area contributed by atoms with Crippen LogP contribution in [0.3, 0.4) is 0 Å². The molecule has 0 saturated carbocycles. The van der Waals surface area contributed by atoms with Crippen LogP contribution in [-0.4, -0.2) is 60.1 Å². The van der Waals surface area contributed by atoms with Gasteiger partial charge < -0.3 is 9.52 Å². The zero-order chi connectivity index (χ0) is 16.0. The van der Waals surface area contributed by atoms with Crippen LogP contribution in [0.5, 0.6) is 0 Å². The molecule has 2 aromatic rings. The highest BCUT2D eigenvalue weighted by atomic mass is 32.2. The van der Waals surface area contributed by atoms with Crippen molar-refractivity contribution < 1.29 is 17.9 Å². The van der Waals surface area contributed by atoms with Crippen LogP contribution >= 0.6 is 0 Å². The van der Waals surface area contributed by atoms with Crippen LogP contribution < -0.4 is 0 Å². The Bertz CT molecular complexity index is 783. The Morgan fingerprint density at radius 1 is 1.26 bits per heavy atom. The van der Waals surface area contributed by atoms with Crippen molar-refractivity contribution in [2.24, 2.45) is 0 Å². The second kappa shape index (κ2) is 5.58. The van der Waals surface area contributed by atoms with E-state index in [2.05, 4.69) is 9.88 Å². The highest BCUT2D eigenvalue weighted by Gasteiger charge is 2.41. The molecular weight excluding hydrogens is 316 g/mol. The highest BCUT2D eigenvalue weighted by molar-refractivity contribution is 7.91. The molecule has 0 unspecified atom stereocenters. The first kappa shape index (κ1) is 15.1. The minimum absolute atomic E-state index is 0.0500. The number of piperidine rings is 1. The fourth-order valence-corrected chi connectivity index (χ4v) is 5.57. The van der Waals surface area contributed by atoms with E-state index in [1.165, 1.54) is 0 Å². The molecule has 3 heterocycles. The number of fused-ring (bicyclic) bond motifs is 1. The molecule has 1 aromatic carbocycles. The topological polar surface area (TPSA) is 83.6 Å². The van der Waals surface area contributed by atoms with Gasteiger partial charge in [0.1, 0.15) is 5.52 Å². The summed E-state index contributed by atoms with van der Waals surface area (Å²) in [5.74, 6) is 0.786. The molecule has 124 valence electrons. The molecule has 0 spiro atoms. The van der Waals surface area contributed by atoms with E-state index in [0.29, 0.717) is 12.4 Å². The monoisotopic (exact) mass is 336 g/mol. The number of oxazole rings is 1. The molecule has 2 aliphatic heterocycles. The maximum absolute atomic E-state index is 11.7. The molecule has 3 atom stereocenters. The van der Waals surface area contributed by atoms with Gasteiger partial charge in [-0.1, -0.05) is 12.1 Å². The minimum Gasteiger partial charge on any atom is -0.440 e. The Balaban J connectivity index is 1.55. The van der Waals surface area contributed by atoms with Gasteiger partial charge in [0.05, 0.1) is 23.7 Å². The number of aliphatic hydroxyl groups is 1. The molecular formula is C16H20N2O4S. The van der Waals surface area contributed by atoms with E-state index in [1.807, 2.05) is 24.3 Å². The van der Waals surface area contributed by atoms with Crippen LogP contribution in [-0.2, 0) is 9.84 Å². The molecule has 1 aromatic heterocycles. The molecule has 2 fully saturated rings. The predicted molar refractivity (Wildman–Crippen MR) is 86.0 cm³/mol. The van der Waals surface area contributed by atoms with Crippen LogP contribution in [0.2, 0.25) is 0 Å². The number of nitrogens with zero attached hydrogens (tertiary/aromatic N) is 2. The van der Waals surface area contributed by atoms with E-state index in [9.17, 15) is 13.5 Å². The van der Waals surface area contributed by atoms with Crippen molar-refractivity contribution in [2.75, 3.05) is 24.6 Å². The van der Waals surface area contributed by atoms with Crippen molar-refractivity contribution >= 4 is 20.9 Å². The summed E-state index contributed by atoms with van der Waals surface area (Å²) in [6, 6.07) is 7.38. The molecule has 0 amide bonds. The smallest absolute Gasteiger partial charge is 0.199 e. The summed E-state index contributed by atoms with van der Waals surface area (Å²) in [7, 11) is -3.13. The molecule has 23 heavy (non-hydrogen) atoms. The third-order valence-corrected chi connectivity index (χ3v) is 6.57. The van der Waals surface area contributed by atoms with Gasteiger partial charge in [0, 0.05) is 12.5 Å². The highest BCUT2D eigenvalue weighted by Crippen LogP contribution is 2.31. The average molecular weight is 336 g/mol. The van der Waals surface area contributed by atoms with Crippen molar-refractivity contribution in [1.29, 1.82) is 0 Å². The van der Waals surface area contributed by atoms with Crippen molar-refractivity contribution in [3.8, 4) is 0 Å². The van der Waals surface area contributed by atoms with Gasteiger partial charge in [-0.2, -0.15) is 0 Å². The number of aromatic nitrogens is 1. The van der Waals surface area contributed by atoms with Gasteiger partial charge in [0.25, 0.3) is 0 Å². The Morgan fingerprint density at radius 2 is 2.09 bits per heavy atom. The van der Waals surface area contributed by atoms with Gasteiger partial charge in [0.15, 0.2) is 21.3 Å². The molecule has 2 aliphatic rings. The molecule has 2 saturated heterocycles. The van der Waals surface area contributed by atoms with E-state index in [-0.39, 0.29) is 23.5 Å². The number of likely N-dealkylation sites (tertiary alicyclic amines) is 1. The minimum atomic E-state index is -3.13. The molecule has 0 aliphatic carbocycles. The lowest BCUT2D eigenvalue weighted by Gasteiger charge is -2.36. The second-order valence-corrected chi connectivity index (χ2v) is 8.72. The zero-order valence-corrected chi connectivity index (χ0v) is 13.6. The van der Waals surface area contributed by atoms with Crippen molar-refractivity contribution in [3.63, 3.8) is 0 Å². The fourth-order valence-electron chi connectivity index (χ4n) is 3.73. The van der Waals surface area contributed by atoms with Gasteiger partial charge in [-0.15, -0.1) is 0 Å². The van der Waals surface area contributed by atoms with E-state index >= 15 is 0 Å². The van der Waals surface area contributed by atoms with E-state index in [4.69, 9.17) is 4.42 Å². The molecule has 0 bridgehead atoms. The SMILES string of the molecule is O=S1(=O)C[C@@H](O)[C@H](N2CCC[C@H](c3nc4ccccc4o3)C2)C1. The summed E-state index contributed by atoms with van der Waals surface area (Å²) in [6.07, 6.45) is 1.13. The second-order valence-electron chi connectivity index (χ2n) is 6.57. The maximum Gasteiger partial charge on any atom is 0.199 e. The van der Waals surface area contributed by atoms with Gasteiger partial charge in [-0.25, -0.2) is 13.4 Å². The van der Waals surface area contributed by atoms with E-state index < -0.39 is 15.9 Å². The largest absolute Gasteiger partial charge is 0.440 e. The van der Waals surface area contributed by atoms with E-state index in [1.54, 1.807) is 0 Å². The van der Waals surface area contributed by atoms with E-state index in [0.717, 1.165) is 30.5 Å². The summed E-state index contributed by atoms with van der Waals surface area (Å²) in [5, 5.41) is 10.1. The Hall–Kier alpha value is -1.44. The Labute approximate surface area is 135 Å². The van der Waals surface area contributed by atoms with Crippen molar-refractivity contribution in [1.82, 2.24) is 9.88 Å². The van der Waals surface area contributed by atoms with Crippen LogP contribution in [0.4, 0.5) is 0 Å². The van der Waals surface area contributed by atoms with Gasteiger partial charge in [-0.05, 0) is 31.5 Å². The molecule has 1 N–H and O–H groups in total. The summed E-state index contributed by atoms with van der Waals surface area (Å²) in [6.45, 7) is 1.50. The first-order valence-corrected chi connectivity index (χ1v) is 9.82. The third-order valence-electron chi connectivity index (χ3n) is 4.88. The number of rotatable bonds is 2. The number of hydrogen-bond acceptors (Lipinski definition) is 6. The number of benzene rings is 1. The summed E-state index contributed by atoms with van der Waals surface area (Å²) in [4.78, 5) is 6.67. The molecule has 0 radical (unpaired) electrons. The van der Waals surface area contributed by atoms with Crippen LogP contribution in [0.25, 0.3) is 11.1 Å². The standard InChI is InChI=1S/C16H20N2O4S/c19-14-10-23(20,21)9-13(14)18-7-3-4-11(8-18)16-17-12-5-1-2-6-15(12)22-16/h1-2,5-6,11,13-14,19H,3-4,7-10H2/t11-,13+,14+/m0/s1. The number of aliphatic hydroxyl groups excluding tert-OH is 1. The average Bonchev–Trinajstić information content (AvgIpc) is 3.07. The van der Waals surface area contributed by atoms with Crippen LogP contribution in [0, 0.1) is 0 Å². The number of sulfone groups is 1. The van der Waals surface area contributed by atoms with Crippen LogP contribution in [0.15, 0.2) is 28.7 Å². The Morgan fingerprint density at radius 3 is 2.83 bits per heavy atom. The maximum atomic E-state index is 11.7. The molecule has 6 nitrogen and oxygen atoms in total. The lowest BCUT2D eigenvalue weighted by molar-refractivity contribution is 0.0615. The quantitative estimate of drug-likeness (QED) is 0.886. The normalized spacial score (nSPS) is 31.6. The zero-order valence-electron chi connectivity index (χ0n) is 12.8.